The molecule has 3 nitrogen and oxygen atoms in total. The van der Waals surface area contributed by atoms with E-state index in [-0.39, 0.29) is 11.7 Å². The van der Waals surface area contributed by atoms with Crippen molar-refractivity contribution in [1.82, 2.24) is 0 Å². The van der Waals surface area contributed by atoms with E-state index in [2.05, 4.69) is 0 Å². The summed E-state index contributed by atoms with van der Waals surface area (Å²) in [4.78, 5) is 13.3. The van der Waals surface area contributed by atoms with Gasteiger partial charge in [0.15, 0.2) is 0 Å². The number of hydrogen-bond donors (Lipinski definition) is 1. The maximum Gasteiger partial charge on any atom is 0.231 e. The first-order chi connectivity index (χ1) is 9.97. The van der Waals surface area contributed by atoms with E-state index in [1.165, 1.54) is 12.1 Å². The average Bonchev–Trinajstić information content (AvgIpc) is 2.73. The van der Waals surface area contributed by atoms with E-state index >= 15 is 0 Å². The highest BCUT2D eigenvalue weighted by Gasteiger charge is 2.25. The van der Waals surface area contributed by atoms with Crippen molar-refractivity contribution in [2.24, 2.45) is 0 Å². The number of hydrogen-bond acceptors (Lipinski definition) is 2. The Morgan fingerprint density at radius 3 is 2.76 bits per heavy atom. The van der Waals surface area contributed by atoms with Crippen LogP contribution in [0.3, 0.4) is 0 Å². The maximum atomic E-state index is 13.1. The van der Waals surface area contributed by atoms with Gasteiger partial charge in [-0.25, -0.2) is 4.39 Å². The molecule has 108 valence electrons. The highest BCUT2D eigenvalue weighted by Crippen LogP contribution is 2.33. The molecule has 5 heteroatoms. The highest BCUT2D eigenvalue weighted by atomic mass is 127. The molecule has 1 atom stereocenters. The minimum Gasteiger partial charge on any atom is -0.384 e. The van der Waals surface area contributed by atoms with E-state index in [1.807, 2.05) is 34.7 Å². The number of aliphatic hydroxyl groups is 1. The molecule has 1 amide bonds. The summed E-state index contributed by atoms with van der Waals surface area (Å²) in [7, 11) is 1.74. The van der Waals surface area contributed by atoms with Gasteiger partial charge < -0.3 is 10.0 Å². The summed E-state index contributed by atoms with van der Waals surface area (Å²) in [6.45, 7) is 0. The summed E-state index contributed by atoms with van der Waals surface area (Å²) < 4.78 is 13.8. The predicted octanol–water partition coefficient (Wildman–Crippen LogP) is 3.03. The molecular weight excluding hydrogens is 384 g/mol. The van der Waals surface area contributed by atoms with Crippen LogP contribution in [-0.2, 0) is 11.2 Å². The highest BCUT2D eigenvalue weighted by molar-refractivity contribution is 14.1. The number of amides is 1. The van der Waals surface area contributed by atoms with Gasteiger partial charge >= 0.3 is 0 Å². The smallest absolute Gasteiger partial charge is 0.231 e. The summed E-state index contributed by atoms with van der Waals surface area (Å²) in [6.07, 6.45) is -0.476. The molecule has 1 N–H and O–H groups in total. The summed E-state index contributed by atoms with van der Waals surface area (Å²) in [5.74, 6) is -0.274. The summed E-state index contributed by atoms with van der Waals surface area (Å²) >= 11 is 2.01. The molecule has 0 spiro atoms. The molecule has 0 saturated carbocycles. The summed E-state index contributed by atoms with van der Waals surface area (Å²) in [5, 5.41) is 10.5. The molecule has 0 saturated heterocycles. The lowest BCUT2D eigenvalue weighted by molar-refractivity contribution is -0.117. The second-order valence-electron chi connectivity index (χ2n) is 5.09. The van der Waals surface area contributed by atoms with Crippen molar-refractivity contribution >= 4 is 34.2 Å². The monoisotopic (exact) mass is 397 g/mol. The first kappa shape index (κ1) is 14.5. The second kappa shape index (κ2) is 5.38. The maximum absolute atomic E-state index is 13.1. The zero-order chi connectivity index (χ0) is 15.1. The molecule has 1 heterocycles. The van der Waals surface area contributed by atoms with E-state index in [0.717, 1.165) is 11.3 Å². The van der Waals surface area contributed by atoms with Crippen LogP contribution in [0.5, 0.6) is 0 Å². The minimum atomic E-state index is -0.830. The number of likely N-dealkylation sites (N-methyl/N-ethyl adjacent to an activating group) is 1. The van der Waals surface area contributed by atoms with Crippen LogP contribution in [0.1, 0.15) is 22.8 Å². The number of rotatable bonds is 2. The number of benzene rings is 2. The Balaban J connectivity index is 1.98. The van der Waals surface area contributed by atoms with Crippen molar-refractivity contribution in [1.29, 1.82) is 0 Å². The molecule has 0 aliphatic carbocycles. The van der Waals surface area contributed by atoms with E-state index < -0.39 is 6.10 Å². The van der Waals surface area contributed by atoms with Gasteiger partial charge in [-0.2, -0.15) is 0 Å². The standard InChI is InChI=1S/C16H13FINO2/c1-19-14-5-2-9(6-10(14)7-15(19)20)16(21)12-4-3-11(17)8-13(12)18/h2-6,8,16,21H,7H2,1H3. The number of carbonyl (C=O) groups is 1. The van der Waals surface area contributed by atoms with Crippen LogP contribution in [0.2, 0.25) is 0 Å². The Kier molecular flexibility index (Phi) is 3.71. The van der Waals surface area contributed by atoms with Crippen LogP contribution in [0.25, 0.3) is 0 Å². The number of anilines is 1. The summed E-state index contributed by atoms with van der Waals surface area (Å²) in [6, 6.07) is 9.81. The van der Waals surface area contributed by atoms with Gasteiger partial charge in [-0.05, 0) is 57.5 Å². The molecule has 0 fully saturated rings. The first-order valence-corrected chi connectivity index (χ1v) is 7.57. The van der Waals surface area contributed by atoms with Crippen LogP contribution in [-0.4, -0.2) is 18.1 Å². The third-order valence-corrected chi connectivity index (χ3v) is 4.69. The van der Waals surface area contributed by atoms with Gasteiger partial charge in [-0.15, -0.1) is 0 Å². The minimum absolute atomic E-state index is 0.0491. The van der Waals surface area contributed by atoms with Crippen LogP contribution < -0.4 is 4.90 Å². The lowest BCUT2D eigenvalue weighted by Crippen LogP contribution is -2.20. The Bertz CT molecular complexity index is 732. The Labute approximate surface area is 135 Å². The molecule has 1 unspecified atom stereocenters. The molecule has 2 aromatic carbocycles. The fourth-order valence-corrected chi connectivity index (χ4v) is 3.34. The van der Waals surface area contributed by atoms with E-state index in [0.29, 0.717) is 21.1 Å². The third-order valence-electron chi connectivity index (χ3n) is 3.75. The van der Waals surface area contributed by atoms with Crippen molar-refractivity contribution in [3.63, 3.8) is 0 Å². The summed E-state index contributed by atoms with van der Waals surface area (Å²) in [5.41, 5.74) is 3.16. The zero-order valence-electron chi connectivity index (χ0n) is 11.3. The molecule has 0 radical (unpaired) electrons. The lowest BCUT2D eigenvalue weighted by atomic mass is 9.99. The van der Waals surface area contributed by atoms with Gasteiger partial charge in [0.2, 0.25) is 5.91 Å². The van der Waals surface area contributed by atoms with Crippen molar-refractivity contribution < 1.29 is 14.3 Å². The van der Waals surface area contributed by atoms with Gasteiger partial charge in [0.25, 0.3) is 0 Å². The van der Waals surface area contributed by atoms with E-state index in [1.54, 1.807) is 24.1 Å². The largest absolute Gasteiger partial charge is 0.384 e. The molecular formula is C16H13FINO2. The topological polar surface area (TPSA) is 40.5 Å². The van der Waals surface area contributed by atoms with Gasteiger partial charge in [-0.1, -0.05) is 18.2 Å². The first-order valence-electron chi connectivity index (χ1n) is 6.50. The van der Waals surface area contributed by atoms with E-state index in [9.17, 15) is 14.3 Å². The molecule has 1 aliphatic rings. The van der Waals surface area contributed by atoms with Crippen LogP contribution >= 0.6 is 22.6 Å². The van der Waals surface area contributed by atoms with Crippen LogP contribution in [0, 0.1) is 9.39 Å². The predicted molar refractivity (Wildman–Crippen MR) is 86.7 cm³/mol. The fourth-order valence-electron chi connectivity index (χ4n) is 2.56. The van der Waals surface area contributed by atoms with Crippen molar-refractivity contribution in [2.75, 3.05) is 11.9 Å². The molecule has 0 aromatic heterocycles. The quantitative estimate of drug-likeness (QED) is 0.792. The third kappa shape index (κ3) is 2.55. The molecule has 21 heavy (non-hydrogen) atoms. The fraction of sp³-hybridized carbons (Fsp3) is 0.188. The van der Waals surface area contributed by atoms with Crippen molar-refractivity contribution in [3.8, 4) is 0 Å². The molecule has 2 aromatic rings. The number of nitrogens with zero attached hydrogens (tertiary/aromatic N) is 1. The lowest BCUT2D eigenvalue weighted by Gasteiger charge is -2.15. The SMILES string of the molecule is CN1C(=O)Cc2cc(C(O)c3ccc(F)cc3I)ccc21. The number of aliphatic hydroxyl groups excluding tert-OH is 1. The Morgan fingerprint density at radius 2 is 2.05 bits per heavy atom. The Morgan fingerprint density at radius 1 is 1.29 bits per heavy atom. The molecule has 3 rings (SSSR count). The normalized spacial score (nSPS) is 15.2. The van der Waals surface area contributed by atoms with E-state index in [4.69, 9.17) is 0 Å². The van der Waals surface area contributed by atoms with Gasteiger partial charge in [0.05, 0.1) is 6.42 Å². The number of halogens is 2. The number of carbonyl (C=O) groups excluding carboxylic acids is 1. The van der Waals surface area contributed by atoms with Gasteiger partial charge in [-0.3, -0.25) is 4.79 Å². The molecule has 1 aliphatic heterocycles. The van der Waals surface area contributed by atoms with Gasteiger partial charge in [0.1, 0.15) is 11.9 Å². The Hall–Kier alpha value is -1.47. The van der Waals surface area contributed by atoms with Gasteiger partial charge in [0, 0.05) is 16.3 Å². The second-order valence-corrected chi connectivity index (χ2v) is 6.25. The number of fused-ring (bicyclic) bond motifs is 1. The van der Waals surface area contributed by atoms with Crippen molar-refractivity contribution in [3.05, 3.63) is 62.5 Å². The van der Waals surface area contributed by atoms with Crippen LogP contribution in [0.4, 0.5) is 10.1 Å². The van der Waals surface area contributed by atoms with Crippen LogP contribution in [0.15, 0.2) is 36.4 Å². The zero-order valence-corrected chi connectivity index (χ0v) is 13.5. The average molecular weight is 397 g/mol. The molecule has 0 bridgehead atoms. The van der Waals surface area contributed by atoms with Crippen molar-refractivity contribution in [2.45, 2.75) is 12.5 Å².